The predicted octanol–water partition coefficient (Wildman–Crippen LogP) is 2.02. The van der Waals surface area contributed by atoms with Crippen LogP contribution in [0.15, 0.2) is 18.2 Å². The summed E-state index contributed by atoms with van der Waals surface area (Å²) in [4.78, 5) is 11.1. The molecule has 0 bridgehead atoms. The highest BCUT2D eigenvalue weighted by Crippen LogP contribution is 2.28. The van der Waals surface area contributed by atoms with Gasteiger partial charge in [-0.15, -0.1) is 0 Å². The lowest BCUT2D eigenvalue weighted by Gasteiger charge is -2.13. The number of methoxy groups -OCH3 is 2. The van der Waals surface area contributed by atoms with Crippen molar-refractivity contribution in [3.63, 3.8) is 0 Å². The number of halogens is 1. The summed E-state index contributed by atoms with van der Waals surface area (Å²) in [7, 11) is 3.01. The Morgan fingerprint density at radius 1 is 1.30 bits per heavy atom. The molecule has 20 heavy (non-hydrogen) atoms. The molecule has 0 aliphatic rings. The van der Waals surface area contributed by atoms with Gasteiger partial charge in [0.25, 0.3) is 0 Å². The van der Waals surface area contributed by atoms with Crippen LogP contribution in [0.4, 0.5) is 0 Å². The van der Waals surface area contributed by atoms with Gasteiger partial charge in [-0.05, 0) is 6.07 Å². The Hall–Kier alpha value is -1.30. The Balaban J connectivity index is 2.56. The zero-order chi connectivity index (χ0) is 14.8. The summed E-state index contributed by atoms with van der Waals surface area (Å²) in [6, 6.07) is 5.55. The number of hydrogen-bond donors (Lipinski definition) is 1. The monoisotopic (exact) mass is 301 g/mol. The highest BCUT2D eigenvalue weighted by atomic mass is 35.5. The average molecular weight is 302 g/mol. The van der Waals surface area contributed by atoms with E-state index in [9.17, 15) is 4.79 Å². The van der Waals surface area contributed by atoms with Crippen LogP contribution in [-0.4, -0.2) is 39.9 Å². The molecule has 0 spiro atoms. The lowest BCUT2D eigenvalue weighted by Crippen LogP contribution is -2.19. The fourth-order valence-electron chi connectivity index (χ4n) is 1.59. The third kappa shape index (κ3) is 5.77. The van der Waals surface area contributed by atoms with E-state index >= 15 is 0 Å². The van der Waals surface area contributed by atoms with Crippen molar-refractivity contribution in [3.05, 3.63) is 28.8 Å². The van der Waals surface area contributed by atoms with E-state index in [-0.39, 0.29) is 19.0 Å². The molecule has 0 saturated carbocycles. The minimum absolute atomic E-state index is 0.193. The van der Waals surface area contributed by atoms with E-state index in [2.05, 4.69) is 10.1 Å². The molecule has 6 heteroatoms. The topological polar surface area (TPSA) is 56.8 Å². The minimum Gasteiger partial charge on any atom is -0.491 e. The molecule has 0 aliphatic heterocycles. The highest BCUT2D eigenvalue weighted by molar-refractivity contribution is 6.32. The number of esters is 1. The second kappa shape index (κ2) is 9.58. The number of para-hydroxylation sites is 1. The molecule has 1 N–H and O–H groups in total. The number of carbonyl (C=O) groups excluding carboxylic acids is 1. The van der Waals surface area contributed by atoms with Crippen molar-refractivity contribution in [2.24, 2.45) is 0 Å². The van der Waals surface area contributed by atoms with E-state index in [0.29, 0.717) is 23.9 Å². The number of benzene rings is 1. The summed E-state index contributed by atoms with van der Waals surface area (Å²) >= 11 is 6.13. The second-order valence-corrected chi connectivity index (χ2v) is 4.48. The molecule has 0 fully saturated rings. The van der Waals surface area contributed by atoms with Crippen LogP contribution in [-0.2, 0) is 20.8 Å². The number of hydrogen-bond acceptors (Lipinski definition) is 5. The number of rotatable bonds is 9. The molecule has 1 rings (SSSR count). The number of carbonyl (C=O) groups is 1. The Kier molecular flexibility index (Phi) is 8.02. The molecule has 0 saturated heterocycles. The molecule has 0 amide bonds. The zero-order valence-corrected chi connectivity index (χ0v) is 12.5. The number of ether oxygens (including phenoxy) is 3. The summed E-state index contributed by atoms with van der Waals surface area (Å²) in [6.07, 6.45) is 0.193. The Labute approximate surface area is 124 Å². The van der Waals surface area contributed by atoms with Gasteiger partial charge in [-0.25, -0.2) is 0 Å². The van der Waals surface area contributed by atoms with Gasteiger partial charge in [0.2, 0.25) is 0 Å². The fourth-order valence-corrected chi connectivity index (χ4v) is 1.84. The smallest absolute Gasteiger partial charge is 0.308 e. The van der Waals surface area contributed by atoms with Crippen LogP contribution < -0.4 is 10.1 Å². The van der Waals surface area contributed by atoms with E-state index in [1.54, 1.807) is 13.2 Å². The third-order valence-corrected chi connectivity index (χ3v) is 2.92. The molecular formula is C14H20ClNO4. The molecule has 1 aromatic carbocycles. The van der Waals surface area contributed by atoms with Crippen LogP contribution in [0, 0.1) is 0 Å². The first kappa shape index (κ1) is 16.8. The van der Waals surface area contributed by atoms with Crippen LogP contribution >= 0.6 is 11.6 Å². The van der Waals surface area contributed by atoms with Gasteiger partial charge in [0.15, 0.2) is 0 Å². The normalized spacial score (nSPS) is 10.3. The third-order valence-electron chi connectivity index (χ3n) is 2.63. The van der Waals surface area contributed by atoms with Crippen molar-refractivity contribution in [1.82, 2.24) is 5.32 Å². The standard InChI is InChI=1S/C14H20ClNO4/c1-18-9-7-16-10-11-4-3-5-12(15)14(11)20-8-6-13(17)19-2/h3-5,16H,6-10H2,1-2H3. The lowest BCUT2D eigenvalue weighted by atomic mass is 10.2. The fraction of sp³-hybridized carbons (Fsp3) is 0.500. The Morgan fingerprint density at radius 2 is 2.10 bits per heavy atom. The van der Waals surface area contributed by atoms with Gasteiger partial charge in [0, 0.05) is 25.8 Å². The van der Waals surface area contributed by atoms with Crippen LogP contribution in [0.1, 0.15) is 12.0 Å². The SMILES string of the molecule is COCCNCc1cccc(Cl)c1OCCC(=O)OC. The molecule has 0 heterocycles. The van der Waals surface area contributed by atoms with Crippen molar-refractivity contribution in [1.29, 1.82) is 0 Å². The minimum atomic E-state index is -0.308. The van der Waals surface area contributed by atoms with E-state index < -0.39 is 0 Å². The second-order valence-electron chi connectivity index (χ2n) is 4.07. The Morgan fingerprint density at radius 3 is 2.80 bits per heavy atom. The molecule has 0 radical (unpaired) electrons. The number of nitrogens with one attached hydrogen (secondary N) is 1. The molecule has 0 aromatic heterocycles. The van der Waals surface area contributed by atoms with Crippen molar-refractivity contribution in [3.8, 4) is 5.75 Å². The summed E-state index contributed by atoms with van der Waals surface area (Å²) in [6.45, 7) is 2.24. The summed E-state index contributed by atoms with van der Waals surface area (Å²) in [5.41, 5.74) is 0.943. The summed E-state index contributed by atoms with van der Waals surface area (Å²) in [5, 5.41) is 3.75. The van der Waals surface area contributed by atoms with Crippen LogP contribution in [0.3, 0.4) is 0 Å². The Bertz CT molecular complexity index is 426. The maximum Gasteiger partial charge on any atom is 0.308 e. The van der Waals surface area contributed by atoms with E-state index in [0.717, 1.165) is 12.1 Å². The first-order valence-corrected chi connectivity index (χ1v) is 6.73. The van der Waals surface area contributed by atoms with Gasteiger partial charge in [0.1, 0.15) is 5.75 Å². The van der Waals surface area contributed by atoms with Crippen molar-refractivity contribution in [2.45, 2.75) is 13.0 Å². The van der Waals surface area contributed by atoms with Gasteiger partial charge in [-0.1, -0.05) is 23.7 Å². The average Bonchev–Trinajstić information content (AvgIpc) is 2.45. The maximum absolute atomic E-state index is 11.1. The quantitative estimate of drug-likeness (QED) is 0.558. The largest absolute Gasteiger partial charge is 0.491 e. The highest BCUT2D eigenvalue weighted by Gasteiger charge is 2.09. The molecule has 112 valence electrons. The lowest BCUT2D eigenvalue weighted by molar-refractivity contribution is -0.141. The molecule has 0 unspecified atom stereocenters. The first-order valence-electron chi connectivity index (χ1n) is 6.35. The zero-order valence-electron chi connectivity index (χ0n) is 11.8. The van der Waals surface area contributed by atoms with Gasteiger partial charge in [-0.3, -0.25) is 4.79 Å². The molecular weight excluding hydrogens is 282 g/mol. The predicted molar refractivity (Wildman–Crippen MR) is 77.2 cm³/mol. The molecule has 5 nitrogen and oxygen atoms in total. The van der Waals surface area contributed by atoms with Crippen molar-refractivity contribution < 1.29 is 19.0 Å². The molecule has 0 atom stereocenters. The van der Waals surface area contributed by atoms with Crippen LogP contribution in [0.2, 0.25) is 5.02 Å². The van der Waals surface area contributed by atoms with E-state index in [1.165, 1.54) is 7.11 Å². The van der Waals surface area contributed by atoms with Crippen molar-refractivity contribution in [2.75, 3.05) is 34.0 Å². The first-order chi connectivity index (χ1) is 9.69. The summed E-state index contributed by atoms with van der Waals surface area (Å²) in [5.74, 6) is 0.291. The van der Waals surface area contributed by atoms with Crippen LogP contribution in [0.5, 0.6) is 5.75 Å². The molecule has 1 aromatic rings. The van der Waals surface area contributed by atoms with E-state index in [1.807, 2.05) is 12.1 Å². The van der Waals surface area contributed by atoms with Gasteiger partial charge in [-0.2, -0.15) is 0 Å². The van der Waals surface area contributed by atoms with Gasteiger partial charge < -0.3 is 19.5 Å². The van der Waals surface area contributed by atoms with Gasteiger partial charge in [0.05, 0.1) is 31.8 Å². The van der Waals surface area contributed by atoms with Crippen molar-refractivity contribution >= 4 is 17.6 Å². The van der Waals surface area contributed by atoms with E-state index in [4.69, 9.17) is 21.1 Å². The summed E-state index contributed by atoms with van der Waals surface area (Å²) < 4.78 is 15.1. The van der Waals surface area contributed by atoms with Crippen LogP contribution in [0.25, 0.3) is 0 Å². The van der Waals surface area contributed by atoms with Gasteiger partial charge >= 0.3 is 5.97 Å². The molecule has 0 aliphatic carbocycles. The maximum atomic E-state index is 11.1.